The summed E-state index contributed by atoms with van der Waals surface area (Å²) in [5.74, 6) is -0.474. The van der Waals surface area contributed by atoms with Crippen LogP contribution in [0, 0.1) is 11.3 Å². The number of hydrogen-bond donors (Lipinski definition) is 1. The van der Waals surface area contributed by atoms with Gasteiger partial charge >= 0.3 is 0 Å². The maximum absolute atomic E-state index is 12.2. The normalized spacial score (nSPS) is 11.1. The van der Waals surface area contributed by atoms with Gasteiger partial charge in [-0.3, -0.25) is 4.79 Å². The molecule has 0 heterocycles. The Bertz CT molecular complexity index is 890. The number of carbonyl (C=O) groups excluding carboxylic acids is 1. The van der Waals surface area contributed by atoms with Crippen molar-refractivity contribution < 1.29 is 13.2 Å². The molecule has 0 aromatic heterocycles. The predicted octanol–water partition coefficient (Wildman–Crippen LogP) is 2.39. The Labute approximate surface area is 154 Å². The molecule has 0 saturated heterocycles. The van der Waals surface area contributed by atoms with Crippen LogP contribution in [-0.2, 0) is 21.2 Å². The van der Waals surface area contributed by atoms with E-state index in [1.165, 1.54) is 0 Å². The van der Waals surface area contributed by atoms with Crippen molar-refractivity contribution in [3.8, 4) is 6.07 Å². The molecule has 0 spiro atoms. The number of carbonyl (C=O) groups is 1. The van der Waals surface area contributed by atoms with Gasteiger partial charge in [-0.1, -0.05) is 42.5 Å². The van der Waals surface area contributed by atoms with Crippen LogP contribution < -0.4 is 5.32 Å². The van der Waals surface area contributed by atoms with Crippen molar-refractivity contribution in [3.05, 3.63) is 65.7 Å². The van der Waals surface area contributed by atoms with Gasteiger partial charge < -0.3 is 5.32 Å². The average Bonchev–Trinajstić information content (AvgIpc) is 2.61. The summed E-state index contributed by atoms with van der Waals surface area (Å²) in [6.07, 6.45) is 2.43. The Balaban J connectivity index is 1.97. The number of anilines is 1. The van der Waals surface area contributed by atoms with Crippen LogP contribution in [0.2, 0.25) is 0 Å². The fourth-order valence-electron chi connectivity index (χ4n) is 2.51. The molecule has 0 saturated carbocycles. The van der Waals surface area contributed by atoms with E-state index < -0.39 is 15.9 Å². The van der Waals surface area contributed by atoms with Crippen molar-refractivity contribution in [2.24, 2.45) is 0 Å². The van der Waals surface area contributed by atoms with E-state index >= 15 is 0 Å². The zero-order chi connectivity index (χ0) is 19.0. The molecular weight excluding hydrogens is 350 g/mol. The Kier molecular flexibility index (Phi) is 6.89. The van der Waals surface area contributed by atoms with E-state index in [2.05, 4.69) is 5.32 Å². The molecule has 0 unspecified atom stereocenters. The zero-order valence-corrected chi connectivity index (χ0v) is 15.4. The fraction of sp³-hybridized carbons (Fsp3) is 0.263. The number of sulfonamides is 1. The first-order chi connectivity index (χ1) is 12.4. The number of aryl methyl sites for hydroxylation is 1. The summed E-state index contributed by atoms with van der Waals surface area (Å²) in [6, 6.07) is 18.3. The number of benzene rings is 2. The second-order valence-corrected chi connectivity index (χ2v) is 7.87. The minimum absolute atomic E-state index is 0.251. The number of amides is 1. The fourth-order valence-corrected chi connectivity index (χ4v) is 3.32. The van der Waals surface area contributed by atoms with Crippen molar-refractivity contribution in [1.29, 1.82) is 5.26 Å². The van der Waals surface area contributed by atoms with E-state index in [9.17, 15) is 13.2 Å². The quantitative estimate of drug-likeness (QED) is 0.771. The molecule has 0 aliphatic carbocycles. The van der Waals surface area contributed by atoms with Gasteiger partial charge in [0.1, 0.15) is 6.07 Å². The van der Waals surface area contributed by atoms with Crippen LogP contribution >= 0.6 is 0 Å². The lowest BCUT2D eigenvalue weighted by atomic mass is 10.1. The zero-order valence-electron chi connectivity index (χ0n) is 14.6. The third-order valence-electron chi connectivity index (χ3n) is 3.83. The Morgan fingerprint density at radius 2 is 1.77 bits per heavy atom. The third kappa shape index (κ3) is 5.99. The van der Waals surface area contributed by atoms with Crippen LogP contribution in [0.5, 0.6) is 0 Å². The van der Waals surface area contributed by atoms with Gasteiger partial charge in [-0.25, -0.2) is 8.42 Å². The maximum atomic E-state index is 12.2. The lowest BCUT2D eigenvalue weighted by molar-refractivity contribution is -0.116. The van der Waals surface area contributed by atoms with Crippen molar-refractivity contribution in [2.75, 3.05) is 24.7 Å². The second-order valence-electron chi connectivity index (χ2n) is 5.89. The number of rotatable bonds is 8. The summed E-state index contributed by atoms with van der Waals surface area (Å²) in [5, 5.41) is 11.7. The van der Waals surface area contributed by atoms with Gasteiger partial charge in [0.15, 0.2) is 0 Å². The van der Waals surface area contributed by atoms with E-state index in [1.54, 1.807) is 24.3 Å². The van der Waals surface area contributed by atoms with Crippen LogP contribution in [0.25, 0.3) is 0 Å². The van der Waals surface area contributed by atoms with Crippen molar-refractivity contribution in [1.82, 2.24) is 4.31 Å². The lowest BCUT2D eigenvalue weighted by Gasteiger charge is -2.19. The average molecular weight is 371 g/mol. The molecule has 0 atom stereocenters. The maximum Gasteiger partial charge on any atom is 0.239 e. The molecule has 2 aromatic carbocycles. The number of hydrogen-bond acceptors (Lipinski definition) is 4. The summed E-state index contributed by atoms with van der Waals surface area (Å²) in [4.78, 5) is 12.2. The summed E-state index contributed by atoms with van der Waals surface area (Å²) in [6.45, 7) is -0.0333. The van der Waals surface area contributed by atoms with Gasteiger partial charge in [-0.15, -0.1) is 0 Å². The third-order valence-corrected chi connectivity index (χ3v) is 5.08. The van der Waals surface area contributed by atoms with E-state index in [1.807, 2.05) is 36.4 Å². The number of para-hydroxylation sites is 1. The first-order valence-corrected chi connectivity index (χ1v) is 10.0. The highest BCUT2D eigenvalue weighted by atomic mass is 32.2. The van der Waals surface area contributed by atoms with Gasteiger partial charge in [0, 0.05) is 6.54 Å². The van der Waals surface area contributed by atoms with Gasteiger partial charge in [-0.05, 0) is 30.5 Å². The van der Waals surface area contributed by atoms with E-state index in [4.69, 9.17) is 5.26 Å². The van der Waals surface area contributed by atoms with Gasteiger partial charge in [0.25, 0.3) is 0 Å². The standard InChI is InChI=1S/C19H21N3O3S/c1-26(24,25)22(13-7-10-16-8-3-2-4-9-16)15-19(23)21-18-12-6-5-11-17(18)14-20/h2-6,8-9,11-12H,7,10,13,15H2,1H3,(H,21,23). The molecule has 136 valence electrons. The molecular formula is C19H21N3O3S. The first-order valence-electron chi connectivity index (χ1n) is 8.18. The Hall–Kier alpha value is -2.69. The molecule has 0 radical (unpaired) electrons. The highest BCUT2D eigenvalue weighted by Gasteiger charge is 2.20. The summed E-state index contributed by atoms with van der Waals surface area (Å²) in [5.41, 5.74) is 1.82. The monoisotopic (exact) mass is 371 g/mol. The molecule has 6 nitrogen and oxygen atoms in total. The number of nitrogens with zero attached hydrogens (tertiary/aromatic N) is 2. The number of nitrogens with one attached hydrogen (secondary N) is 1. The van der Waals surface area contributed by atoms with E-state index in [-0.39, 0.29) is 13.1 Å². The van der Waals surface area contributed by atoms with Gasteiger partial charge in [0.2, 0.25) is 15.9 Å². The summed E-state index contributed by atoms with van der Waals surface area (Å²) in [7, 11) is -3.51. The van der Waals surface area contributed by atoms with Crippen LogP contribution in [0.1, 0.15) is 17.5 Å². The van der Waals surface area contributed by atoms with Crippen molar-refractivity contribution >= 4 is 21.6 Å². The molecule has 0 aliphatic rings. The van der Waals surface area contributed by atoms with Crippen LogP contribution in [0.3, 0.4) is 0 Å². The van der Waals surface area contributed by atoms with Crippen molar-refractivity contribution in [2.45, 2.75) is 12.8 Å². The minimum atomic E-state index is -3.51. The first kappa shape index (κ1) is 19.6. The van der Waals surface area contributed by atoms with E-state index in [0.29, 0.717) is 17.7 Å². The topological polar surface area (TPSA) is 90.3 Å². The van der Waals surface area contributed by atoms with Crippen LogP contribution in [0.15, 0.2) is 54.6 Å². The Morgan fingerprint density at radius 3 is 2.42 bits per heavy atom. The molecule has 1 N–H and O–H groups in total. The van der Waals surface area contributed by atoms with Gasteiger partial charge in [0.05, 0.1) is 24.1 Å². The Morgan fingerprint density at radius 1 is 1.12 bits per heavy atom. The minimum Gasteiger partial charge on any atom is -0.324 e. The van der Waals surface area contributed by atoms with Crippen LogP contribution in [0.4, 0.5) is 5.69 Å². The molecule has 26 heavy (non-hydrogen) atoms. The highest BCUT2D eigenvalue weighted by molar-refractivity contribution is 7.88. The second kappa shape index (κ2) is 9.13. The number of nitriles is 1. The lowest BCUT2D eigenvalue weighted by Crippen LogP contribution is -2.38. The van der Waals surface area contributed by atoms with Gasteiger partial charge in [-0.2, -0.15) is 9.57 Å². The molecule has 0 bridgehead atoms. The van der Waals surface area contributed by atoms with Crippen LogP contribution in [-0.4, -0.2) is 38.0 Å². The summed E-state index contributed by atoms with van der Waals surface area (Å²) >= 11 is 0. The molecule has 0 fully saturated rings. The largest absolute Gasteiger partial charge is 0.324 e. The molecule has 7 heteroatoms. The highest BCUT2D eigenvalue weighted by Crippen LogP contribution is 2.14. The molecule has 1 amide bonds. The predicted molar refractivity (Wildman–Crippen MR) is 101 cm³/mol. The molecule has 2 aromatic rings. The van der Waals surface area contributed by atoms with E-state index in [0.717, 1.165) is 22.5 Å². The molecule has 0 aliphatic heterocycles. The SMILES string of the molecule is CS(=O)(=O)N(CCCc1ccccc1)CC(=O)Nc1ccccc1C#N. The smallest absolute Gasteiger partial charge is 0.239 e. The van der Waals surface area contributed by atoms with Crippen molar-refractivity contribution in [3.63, 3.8) is 0 Å². The summed E-state index contributed by atoms with van der Waals surface area (Å²) < 4.78 is 25.1. The molecule has 2 rings (SSSR count).